The van der Waals surface area contributed by atoms with Gasteiger partial charge in [0.05, 0.1) is 41.9 Å². The van der Waals surface area contributed by atoms with Gasteiger partial charge < -0.3 is 0 Å². The second kappa shape index (κ2) is 12.5. The summed E-state index contributed by atoms with van der Waals surface area (Å²) in [7, 11) is 0. The van der Waals surface area contributed by atoms with Gasteiger partial charge in [-0.25, -0.2) is 0 Å². The van der Waals surface area contributed by atoms with Crippen LogP contribution in [0, 0.1) is 40.5 Å². The number of nitro groups is 4. The topological polar surface area (TPSA) is 254 Å². The molecule has 1 saturated heterocycles. The molecule has 20 nitrogen and oxygen atoms in total. The van der Waals surface area contributed by atoms with Crippen LogP contribution >= 0.6 is 0 Å². The van der Waals surface area contributed by atoms with Crippen LogP contribution in [-0.2, 0) is 0 Å². The zero-order valence-corrected chi connectivity index (χ0v) is 26.8. The van der Waals surface area contributed by atoms with Crippen molar-refractivity contribution in [3.8, 4) is 0 Å². The van der Waals surface area contributed by atoms with E-state index in [-0.39, 0.29) is 70.0 Å². The lowest BCUT2D eigenvalue weighted by molar-refractivity contribution is -0.385. The minimum Gasteiger partial charge on any atom is -0.299 e. The zero-order valence-electron chi connectivity index (χ0n) is 26.8. The number of benzene rings is 4. The zero-order chi connectivity index (χ0) is 37.2. The first-order valence-electron chi connectivity index (χ1n) is 15.7. The Morgan fingerprint density at radius 2 is 0.673 bits per heavy atom. The van der Waals surface area contributed by atoms with Crippen LogP contribution in [0.5, 0.6) is 0 Å². The molecule has 7 rings (SSSR count). The van der Waals surface area contributed by atoms with Gasteiger partial charge in [-0.2, -0.15) is 0 Å². The summed E-state index contributed by atoms with van der Waals surface area (Å²) in [4.78, 5) is 103. The van der Waals surface area contributed by atoms with Crippen molar-refractivity contribution < 1.29 is 38.9 Å². The van der Waals surface area contributed by atoms with E-state index in [0.717, 1.165) is 58.3 Å². The monoisotopic (exact) mass is 712 g/mol. The van der Waals surface area contributed by atoms with Gasteiger partial charge in [-0.05, 0) is 10.8 Å². The maximum atomic E-state index is 13.5. The minimum absolute atomic E-state index is 0.0303. The molecule has 0 aliphatic carbocycles. The number of piperazine rings is 1. The van der Waals surface area contributed by atoms with Crippen LogP contribution < -0.4 is 0 Å². The number of imide groups is 2. The van der Waals surface area contributed by atoms with Gasteiger partial charge in [0.15, 0.2) is 0 Å². The Morgan fingerprint density at radius 1 is 0.423 bits per heavy atom. The number of hydrogen-bond acceptors (Lipinski definition) is 14. The molecule has 0 radical (unpaired) electrons. The van der Waals surface area contributed by atoms with Gasteiger partial charge in [0, 0.05) is 112 Å². The SMILES string of the molecule is O=C1c2cc([N+](=O)[O-])cc3cc([N+](=O)[O-])cc(c23)C(=O)N1CCN1CCN(CCN2C(=O)c3cc([N+](=O)[O-])cc4cc([N+](=O)[O-])cc(c34)C2=O)CC1. The fourth-order valence-corrected chi connectivity index (χ4v) is 6.96. The van der Waals surface area contributed by atoms with E-state index in [9.17, 15) is 59.6 Å². The van der Waals surface area contributed by atoms with Crippen LogP contribution in [0.4, 0.5) is 22.7 Å². The molecule has 0 N–H and O–H groups in total. The highest BCUT2D eigenvalue weighted by Crippen LogP contribution is 2.38. The van der Waals surface area contributed by atoms with E-state index >= 15 is 0 Å². The van der Waals surface area contributed by atoms with Crippen molar-refractivity contribution in [1.82, 2.24) is 19.6 Å². The van der Waals surface area contributed by atoms with Crippen molar-refractivity contribution in [2.75, 3.05) is 52.4 Å². The van der Waals surface area contributed by atoms with E-state index in [0.29, 0.717) is 26.2 Å². The molecule has 20 heteroatoms. The molecule has 3 aliphatic rings. The van der Waals surface area contributed by atoms with Crippen LogP contribution in [0.25, 0.3) is 21.5 Å². The summed E-state index contributed by atoms with van der Waals surface area (Å²) in [6, 6.07) is 8.54. The smallest absolute Gasteiger partial charge is 0.270 e. The van der Waals surface area contributed by atoms with E-state index in [1.165, 1.54) is 0 Å². The lowest BCUT2D eigenvalue weighted by atomic mass is 9.92. The quantitative estimate of drug-likeness (QED) is 0.130. The number of rotatable bonds is 10. The lowest BCUT2D eigenvalue weighted by Gasteiger charge is -2.37. The molecule has 0 spiro atoms. The Kier molecular flexibility index (Phi) is 8.10. The molecule has 1 fully saturated rings. The predicted molar refractivity (Wildman–Crippen MR) is 178 cm³/mol. The van der Waals surface area contributed by atoms with Crippen molar-refractivity contribution in [1.29, 1.82) is 0 Å². The summed E-state index contributed by atoms with van der Waals surface area (Å²) < 4.78 is 0. The summed E-state index contributed by atoms with van der Waals surface area (Å²) >= 11 is 0. The maximum Gasteiger partial charge on any atom is 0.270 e. The van der Waals surface area contributed by atoms with E-state index in [2.05, 4.69) is 0 Å². The number of amides is 4. The Labute approximate surface area is 290 Å². The maximum absolute atomic E-state index is 13.5. The molecule has 264 valence electrons. The van der Waals surface area contributed by atoms with Crippen LogP contribution in [-0.4, -0.2) is 115 Å². The number of non-ortho nitro benzene ring substituents is 4. The number of nitrogens with zero attached hydrogens (tertiary/aromatic N) is 8. The third-order valence-electron chi connectivity index (χ3n) is 9.53. The Balaban J connectivity index is 1.02. The molecule has 0 atom stereocenters. The van der Waals surface area contributed by atoms with Gasteiger partial charge in [0.25, 0.3) is 46.4 Å². The van der Waals surface area contributed by atoms with Crippen molar-refractivity contribution in [3.63, 3.8) is 0 Å². The van der Waals surface area contributed by atoms with Gasteiger partial charge in [-0.3, -0.25) is 79.2 Å². The highest BCUT2D eigenvalue weighted by molar-refractivity contribution is 6.27. The molecule has 0 aromatic heterocycles. The normalized spacial score (nSPS) is 16.2. The average molecular weight is 713 g/mol. The van der Waals surface area contributed by atoms with Crippen LogP contribution in [0.3, 0.4) is 0 Å². The number of hydrogen-bond donors (Lipinski definition) is 0. The first-order chi connectivity index (χ1) is 24.7. The van der Waals surface area contributed by atoms with Gasteiger partial charge in [0.1, 0.15) is 0 Å². The van der Waals surface area contributed by atoms with Crippen molar-refractivity contribution in [2.24, 2.45) is 0 Å². The summed E-state index contributed by atoms with van der Waals surface area (Å²) in [5, 5.41) is 46.5. The number of carbonyl (C=O) groups excluding carboxylic acids is 4. The molecule has 3 aliphatic heterocycles. The summed E-state index contributed by atoms with van der Waals surface area (Å²) in [5.74, 6) is -3.05. The highest BCUT2D eigenvalue weighted by atomic mass is 16.6. The average Bonchev–Trinajstić information content (AvgIpc) is 3.11. The number of carbonyl (C=O) groups is 4. The Morgan fingerprint density at radius 3 is 0.904 bits per heavy atom. The molecular weight excluding hydrogens is 688 g/mol. The summed E-state index contributed by atoms with van der Waals surface area (Å²) in [6.45, 7) is 2.01. The van der Waals surface area contributed by atoms with Crippen LogP contribution in [0.15, 0.2) is 48.5 Å². The van der Waals surface area contributed by atoms with Gasteiger partial charge in [-0.15, -0.1) is 0 Å². The first kappa shape index (κ1) is 33.7. The fourth-order valence-electron chi connectivity index (χ4n) is 6.96. The second-order valence-electron chi connectivity index (χ2n) is 12.4. The van der Waals surface area contributed by atoms with E-state index in [1.807, 2.05) is 9.80 Å². The molecule has 0 saturated carbocycles. The second-order valence-corrected chi connectivity index (χ2v) is 12.4. The van der Waals surface area contributed by atoms with Crippen LogP contribution in [0.1, 0.15) is 41.4 Å². The van der Waals surface area contributed by atoms with E-state index in [4.69, 9.17) is 0 Å². The van der Waals surface area contributed by atoms with Gasteiger partial charge >= 0.3 is 0 Å². The summed E-state index contributed by atoms with van der Waals surface area (Å²) in [6.07, 6.45) is 0. The van der Waals surface area contributed by atoms with Crippen molar-refractivity contribution >= 4 is 67.9 Å². The first-order valence-corrected chi connectivity index (χ1v) is 15.7. The molecule has 0 bridgehead atoms. The van der Waals surface area contributed by atoms with Crippen molar-refractivity contribution in [3.05, 3.63) is 111 Å². The standard InChI is InChI=1S/C32H24N8O12/c41-29-23-13-19(37(45)46)9-17-10-20(38(47)48)14-24(27(17)23)30(42)35(29)7-5-33-1-2-34(4-3-33)6-8-36-31(43)25-15-21(39(49)50)11-18-12-22(40(51)52)16-26(28(18)25)32(36)44/h9-16H,1-8H2. The van der Waals surface area contributed by atoms with E-state index < -0.39 is 66.1 Å². The van der Waals surface area contributed by atoms with Crippen LogP contribution in [0.2, 0.25) is 0 Å². The molecule has 4 aromatic carbocycles. The lowest BCUT2D eigenvalue weighted by Crippen LogP contribution is -2.52. The van der Waals surface area contributed by atoms with E-state index in [1.54, 1.807) is 0 Å². The van der Waals surface area contributed by atoms with Crippen molar-refractivity contribution in [2.45, 2.75) is 0 Å². The number of nitro benzene ring substituents is 4. The third-order valence-corrected chi connectivity index (χ3v) is 9.53. The largest absolute Gasteiger partial charge is 0.299 e. The molecule has 4 aromatic rings. The molecule has 4 amide bonds. The minimum atomic E-state index is -0.762. The highest BCUT2D eigenvalue weighted by Gasteiger charge is 2.38. The molecule has 52 heavy (non-hydrogen) atoms. The van der Waals surface area contributed by atoms with Gasteiger partial charge in [-0.1, -0.05) is 0 Å². The third kappa shape index (κ3) is 5.60. The molecule has 0 unspecified atom stereocenters. The summed E-state index contributed by atoms with van der Waals surface area (Å²) in [5.41, 5.74) is -2.25. The van der Waals surface area contributed by atoms with Gasteiger partial charge in [0.2, 0.25) is 0 Å². The predicted octanol–water partition coefficient (Wildman–Crippen LogP) is 3.14. The fraction of sp³-hybridized carbons (Fsp3) is 0.250. The molecular formula is C32H24N8O12. The Hall–Kier alpha value is -6.80. The Bertz CT molecular complexity index is 2050. The molecule has 3 heterocycles.